The average molecular weight is 543 g/mol. The van der Waals surface area contributed by atoms with Crippen LogP contribution < -0.4 is 16.0 Å². The molecular weight excluding hydrogens is 513 g/mol. The number of morpholine rings is 1. The van der Waals surface area contributed by atoms with Crippen LogP contribution in [0.15, 0.2) is 48.8 Å². The number of aryl methyl sites for hydroxylation is 1. The number of nitrogens with zero attached hydrogens (tertiary/aromatic N) is 4. The fourth-order valence-corrected chi connectivity index (χ4v) is 4.55. The van der Waals surface area contributed by atoms with E-state index in [0.29, 0.717) is 54.3 Å². The van der Waals surface area contributed by atoms with Gasteiger partial charge in [0, 0.05) is 37.2 Å². The summed E-state index contributed by atoms with van der Waals surface area (Å²) in [5.74, 6) is 0.702. The molecule has 0 unspecified atom stereocenters. The van der Waals surface area contributed by atoms with E-state index in [9.17, 15) is 18.0 Å². The highest BCUT2D eigenvalue weighted by Crippen LogP contribution is 2.32. The number of aromatic amines is 1. The Labute approximate surface area is 222 Å². The lowest BCUT2D eigenvalue weighted by molar-refractivity contribution is -0.137. The summed E-state index contributed by atoms with van der Waals surface area (Å²) in [4.78, 5) is 19.2. The van der Waals surface area contributed by atoms with E-state index in [2.05, 4.69) is 36.0 Å². The van der Waals surface area contributed by atoms with Crippen molar-refractivity contribution in [3.05, 3.63) is 59.9 Å². The summed E-state index contributed by atoms with van der Waals surface area (Å²) in [5.41, 5.74) is 2.39. The van der Waals surface area contributed by atoms with Crippen LogP contribution in [0.5, 0.6) is 0 Å². The summed E-state index contributed by atoms with van der Waals surface area (Å²) in [5, 5.41) is 15.3. The maximum atomic E-state index is 13.6. The standard InChI is InChI=1S/C26H29F3N8O2/c1-30-23-22-24(35-34-23)37(16-31-22)21-6-4-19(5-7-21)32-25(38)33-20-14-17(13-18(15-20)26(27,28)29)3-2-8-36-9-11-39-12-10-36/h4-7,13-16H,2-3,8-12H2,1H3,(H2,30,34,35)(H2,32,33,38). The molecule has 1 aliphatic heterocycles. The highest BCUT2D eigenvalue weighted by molar-refractivity contribution is 6.00. The zero-order chi connectivity index (χ0) is 27.4. The van der Waals surface area contributed by atoms with E-state index in [1.807, 2.05) is 0 Å². The molecule has 0 aliphatic carbocycles. The first kappa shape index (κ1) is 26.5. The van der Waals surface area contributed by atoms with E-state index in [1.54, 1.807) is 48.3 Å². The lowest BCUT2D eigenvalue weighted by atomic mass is 10.0. The van der Waals surface area contributed by atoms with Crippen molar-refractivity contribution in [2.75, 3.05) is 55.8 Å². The molecule has 3 heterocycles. The summed E-state index contributed by atoms with van der Waals surface area (Å²) < 4.78 is 47.8. The Hall–Kier alpha value is -4.10. The van der Waals surface area contributed by atoms with Gasteiger partial charge in [-0.1, -0.05) is 0 Å². The minimum atomic E-state index is -4.52. The van der Waals surface area contributed by atoms with Gasteiger partial charge < -0.3 is 20.7 Å². The van der Waals surface area contributed by atoms with Gasteiger partial charge in [-0.25, -0.2) is 9.78 Å². The van der Waals surface area contributed by atoms with Crippen LogP contribution in [0.25, 0.3) is 16.9 Å². The number of halogens is 3. The van der Waals surface area contributed by atoms with E-state index >= 15 is 0 Å². The predicted octanol–water partition coefficient (Wildman–Crippen LogP) is 4.72. The lowest BCUT2D eigenvalue weighted by Crippen LogP contribution is -2.36. The molecule has 1 fully saturated rings. The van der Waals surface area contributed by atoms with Crippen molar-refractivity contribution in [2.24, 2.45) is 0 Å². The third kappa shape index (κ3) is 6.32. The molecule has 0 bridgehead atoms. The predicted molar refractivity (Wildman–Crippen MR) is 142 cm³/mol. The van der Waals surface area contributed by atoms with Gasteiger partial charge in [0.2, 0.25) is 0 Å². The number of nitrogens with one attached hydrogen (secondary N) is 4. The molecule has 0 radical (unpaired) electrons. The van der Waals surface area contributed by atoms with E-state index < -0.39 is 17.8 Å². The number of imidazole rings is 1. The second kappa shape index (κ2) is 11.3. The number of hydrogen-bond acceptors (Lipinski definition) is 6. The van der Waals surface area contributed by atoms with Gasteiger partial charge in [-0.3, -0.25) is 14.6 Å². The Balaban J connectivity index is 1.23. The van der Waals surface area contributed by atoms with Crippen molar-refractivity contribution in [3.8, 4) is 5.69 Å². The first-order valence-electron chi connectivity index (χ1n) is 12.6. The molecule has 2 aromatic heterocycles. The number of carbonyl (C=O) groups is 1. The van der Waals surface area contributed by atoms with Crippen LogP contribution in [0, 0.1) is 0 Å². The molecule has 206 valence electrons. The van der Waals surface area contributed by atoms with Gasteiger partial charge in [-0.05, 0) is 67.4 Å². The van der Waals surface area contributed by atoms with Crippen LogP contribution in [0.3, 0.4) is 0 Å². The number of fused-ring (bicyclic) bond motifs is 1. The van der Waals surface area contributed by atoms with Crippen LogP contribution in [-0.2, 0) is 17.3 Å². The van der Waals surface area contributed by atoms with Gasteiger partial charge >= 0.3 is 12.2 Å². The highest BCUT2D eigenvalue weighted by atomic mass is 19.4. The lowest BCUT2D eigenvalue weighted by Gasteiger charge is -2.26. The van der Waals surface area contributed by atoms with Gasteiger partial charge in [0.1, 0.15) is 12.1 Å². The second-order valence-electron chi connectivity index (χ2n) is 9.24. The van der Waals surface area contributed by atoms with Crippen LogP contribution in [-0.4, -0.2) is 70.6 Å². The molecular formula is C26H29F3N8O2. The normalized spacial score (nSPS) is 14.5. The molecule has 2 amide bonds. The average Bonchev–Trinajstić information content (AvgIpc) is 3.51. The maximum absolute atomic E-state index is 13.6. The summed E-state index contributed by atoms with van der Waals surface area (Å²) in [6.45, 7) is 3.77. The van der Waals surface area contributed by atoms with Crippen molar-refractivity contribution < 1.29 is 22.7 Å². The minimum absolute atomic E-state index is 0.0833. The van der Waals surface area contributed by atoms with Crippen LogP contribution >= 0.6 is 0 Å². The topological polar surface area (TPSA) is 112 Å². The molecule has 0 atom stereocenters. The van der Waals surface area contributed by atoms with Gasteiger partial charge in [0.05, 0.1) is 18.8 Å². The molecule has 39 heavy (non-hydrogen) atoms. The summed E-state index contributed by atoms with van der Waals surface area (Å²) in [6.07, 6.45) is -1.71. The van der Waals surface area contributed by atoms with Crippen molar-refractivity contribution in [1.82, 2.24) is 24.6 Å². The fourth-order valence-electron chi connectivity index (χ4n) is 4.55. The van der Waals surface area contributed by atoms with E-state index in [0.717, 1.165) is 37.5 Å². The van der Waals surface area contributed by atoms with E-state index in [1.165, 1.54) is 0 Å². The number of H-pyrrole nitrogens is 1. The Kier molecular flexibility index (Phi) is 7.70. The summed E-state index contributed by atoms with van der Waals surface area (Å²) in [6, 6.07) is 9.98. The zero-order valence-electron chi connectivity index (χ0n) is 21.3. The fraction of sp³-hybridized carbons (Fsp3) is 0.346. The molecule has 4 N–H and O–H groups in total. The smallest absolute Gasteiger partial charge is 0.379 e. The number of amides is 2. The maximum Gasteiger partial charge on any atom is 0.416 e. The number of rotatable bonds is 8. The number of aromatic nitrogens is 4. The van der Waals surface area contributed by atoms with Crippen molar-refractivity contribution in [2.45, 2.75) is 19.0 Å². The third-order valence-electron chi connectivity index (χ3n) is 6.53. The Bertz CT molecular complexity index is 1430. The number of anilines is 3. The number of urea groups is 1. The Morgan fingerprint density at radius 3 is 2.54 bits per heavy atom. The molecule has 0 saturated carbocycles. The first-order valence-corrected chi connectivity index (χ1v) is 12.6. The zero-order valence-corrected chi connectivity index (χ0v) is 21.3. The molecule has 13 heteroatoms. The number of alkyl halides is 3. The summed E-state index contributed by atoms with van der Waals surface area (Å²) in [7, 11) is 1.77. The largest absolute Gasteiger partial charge is 0.416 e. The van der Waals surface area contributed by atoms with Crippen LogP contribution in [0.4, 0.5) is 35.2 Å². The third-order valence-corrected chi connectivity index (χ3v) is 6.53. The monoisotopic (exact) mass is 542 g/mol. The van der Waals surface area contributed by atoms with Gasteiger partial charge in [0.15, 0.2) is 11.2 Å². The highest BCUT2D eigenvalue weighted by Gasteiger charge is 2.31. The van der Waals surface area contributed by atoms with Crippen LogP contribution in [0.2, 0.25) is 0 Å². The second-order valence-corrected chi connectivity index (χ2v) is 9.24. The van der Waals surface area contributed by atoms with Gasteiger partial charge in [-0.15, -0.1) is 0 Å². The number of hydrogen-bond donors (Lipinski definition) is 4. The molecule has 10 nitrogen and oxygen atoms in total. The quantitative estimate of drug-likeness (QED) is 0.257. The summed E-state index contributed by atoms with van der Waals surface area (Å²) >= 11 is 0. The van der Waals surface area contributed by atoms with Gasteiger partial charge in [0.25, 0.3) is 0 Å². The Morgan fingerprint density at radius 2 is 1.82 bits per heavy atom. The number of ether oxygens (including phenoxy) is 1. The van der Waals surface area contributed by atoms with Crippen molar-refractivity contribution >= 4 is 34.4 Å². The van der Waals surface area contributed by atoms with Crippen molar-refractivity contribution in [3.63, 3.8) is 0 Å². The van der Waals surface area contributed by atoms with Crippen LogP contribution in [0.1, 0.15) is 17.5 Å². The van der Waals surface area contributed by atoms with Crippen molar-refractivity contribution in [1.29, 1.82) is 0 Å². The first-order chi connectivity index (χ1) is 18.8. The number of carbonyl (C=O) groups excluding carboxylic acids is 1. The molecule has 1 aliphatic rings. The van der Waals surface area contributed by atoms with E-state index in [-0.39, 0.29) is 5.69 Å². The molecule has 1 saturated heterocycles. The molecule has 2 aromatic carbocycles. The van der Waals surface area contributed by atoms with E-state index in [4.69, 9.17) is 4.74 Å². The number of benzene rings is 2. The van der Waals surface area contributed by atoms with Gasteiger partial charge in [-0.2, -0.15) is 18.3 Å². The molecule has 5 rings (SSSR count). The molecule has 0 spiro atoms. The SMILES string of the molecule is CNc1[nH]nc2c1ncn2-c1ccc(NC(=O)Nc2cc(CCCN3CCOCC3)cc(C(F)(F)F)c2)cc1. The minimum Gasteiger partial charge on any atom is -0.379 e. The Morgan fingerprint density at radius 1 is 1.08 bits per heavy atom. The molecule has 4 aromatic rings.